The summed E-state index contributed by atoms with van der Waals surface area (Å²) < 4.78 is 1.76. The van der Waals surface area contributed by atoms with Crippen LogP contribution in [0.3, 0.4) is 0 Å². The van der Waals surface area contributed by atoms with Crippen LogP contribution in [0.5, 0.6) is 0 Å². The number of piperazine rings is 1. The zero-order valence-electron chi connectivity index (χ0n) is 11.1. The molecule has 1 aromatic rings. The highest BCUT2D eigenvalue weighted by Gasteiger charge is 2.31. The fraction of sp³-hybridized carbons (Fsp3) is 0.583. The Morgan fingerprint density at radius 3 is 2.95 bits per heavy atom. The number of carboxylic acid groups (broad SMARTS) is 1. The normalized spacial score (nSPS) is 20.3. The van der Waals surface area contributed by atoms with Crippen molar-refractivity contribution in [1.29, 1.82) is 0 Å². The van der Waals surface area contributed by atoms with E-state index in [2.05, 4.69) is 10.4 Å². The Morgan fingerprint density at radius 1 is 1.63 bits per heavy atom. The first-order valence-corrected chi connectivity index (χ1v) is 6.20. The predicted molar refractivity (Wildman–Crippen MR) is 67.4 cm³/mol. The molecule has 1 aliphatic heterocycles. The lowest BCUT2D eigenvalue weighted by atomic mass is 10.1. The molecule has 1 aromatic heterocycles. The average Bonchev–Trinajstić information content (AvgIpc) is 2.62. The van der Waals surface area contributed by atoms with Gasteiger partial charge in [0.1, 0.15) is 6.04 Å². The Bertz CT molecular complexity index is 497. The quantitative estimate of drug-likeness (QED) is 0.767. The summed E-state index contributed by atoms with van der Waals surface area (Å²) in [6.07, 6.45) is -0.178. The molecule has 1 fully saturated rings. The third-order valence-electron chi connectivity index (χ3n) is 3.27. The maximum atomic E-state index is 11.8. The molecule has 0 saturated carbocycles. The fourth-order valence-corrected chi connectivity index (χ4v) is 2.36. The van der Waals surface area contributed by atoms with Gasteiger partial charge in [-0.25, -0.2) is 0 Å². The number of carbonyl (C=O) groups excluding carboxylic acids is 1. The lowest BCUT2D eigenvalue weighted by Gasteiger charge is -2.34. The smallest absolute Gasteiger partial charge is 0.305 e. The van der Waals surface area contributed by atoms with Gasteiger partial charge in [0.2, 0.25) is 5.91 Å². The van der Waals surface area contributed by atoms with E-state index in [-0.39, 0.29) is 12.3 Å². The van der Waals surface area contributed by atoms with Crippen LogP contribution in [0.25, 0.3) is 0 Å². The second-order valence-electron chi connectivity index (χ2n) is 4.78. The minimum absolute atomic E-state index is 0.178. The summed E-state index contributed by atoms with van der Waals surface area (Å²) in [7, 11) is 1.85. The second kappa shape index (κ2) is 5.40. The van der Waals surface area contributed by atoms with Crippen molar-refractivity contribution >= 4 is 11.9 Å². The Balaban J connectivity index is 2.13. The van der Waals surface area contributed by atoms with E-state index < -0.39 is 12.0 Å². The van der Waals surface area contributed by atoms with Crippen molar-refractivity contribution in [2.45, 2.75) is 25.9 Å². The second-order valence-corrected chi connectivity index (χ2v) is 4.78. The number of aliphatic carboxylic acids is 1. The maximum Gasteiger partial charge on any atom is 0.305 e. The number of carboxylic acids is 1. The summed E-state index contributed by atoms with van der Waals surface area (Å²) >= 11 is 0. The summed E-state index contributed by atoms with van der Waals surface area (Å²) in [4.78, 5) is 24.5. The molecule has 7 nitrogen and oxygen atoms in total. The molecule has 1 unspecified atom stereocenters. The van der Waals surface area contributed by atoms with Crippen LogP contribution in [0.2, 0.25) is 0 Å². The number of rotatable bonds is 4. The standard InChI is InChI=1S/C12H18N4O3/c1-8-5-9(15(2)14-8)7-16-4-3-13-12(19)10(16)6-11(17)18/h5,10H,3-4,6-7H2,1-2H3,(H,13,19)(H,17,18). The molecule has 1 amide bonds. The van der Waals surface area contributed by atoms with Crippen LogP contribution in [-0.4, -0.2) is 50.8 Å². The van der Waals surface area contributed by atoms with Gasteiger partial charge in [0.15, 0.2) is 0 Å². The predicted octanol–water partition coefficient (Wildman–Crippen LogP) is -0.496. The molecule has 1 atom stereocenters. The highest BCUT2D eigenvalue weighted by molar-refractivity contribution is 5.86. The summed E-state index contributed by atoms with van der Waals surface area (Å²) in [5.74, 6) is -1.18. The molecule has 2 N–H and O–H groups in total. The molecule has 19 heavy (non-hydrogen) atoms. The van der Waals surface area contributed by atoms with E-state index in [9.17, 15) is 9.59 Å². The van der Waals surface area contributed by atoms with Crippen LogP contribution in [0.4, 0.5) is 0 Å². The zero-order valence-corrected chi connectivity index (χ0v) is 11.1. The molecular formula is C12H18N4O3. The van der Waals surface area contributed by atoms with E-state index in [0.29, 0.717) is 19.6 Å². The van der Waals surface area contributed by atoms with Crippen LogP contribution in [0.1, 0.15) is 17.8 Å². The molecule has 0 spiro atoms. The van der Waals surface area contributed by atoms with E-state index in [1.165, 1.54) is 0 Å². The molecule has 0 aliphatic carbocycles. The Kier molecular flexibility index (Phi) is 3.84. The molecule has 0 aromatic carbocycles. The van der Waals surface area contributed by atoms with Crippen molar-refractivity contribution in [3.63, 3.8) is 0 Å². The molecule has 1 saturated heterocycles. The number of carbonyl (C=O) groups is 2. The third-order valence-corrected chi connectivity index (χ3v) is 3.27. The molecule has 2 heterocycles. The Labute approximate surface area is 111 Å². The van der Waals surface area contributed by atoms with Gasteiger partial charge in [0.05, 0.1) is 17.8 Å². The first kappa shape index (κ1) is 13.5. The van der Waals surface area contributed by atoms with Gasteiger partial charge >= 0.3 is 5.97 Å². The minimum atomic E-state index is -0.965. The number of aromatic nitrogens is 2. The van der Waals surface area contributed by atoms with Gasteiger partial charge in [0.25, 0.3) is 0 Å². The molecule has 0 radical (unpaired) electrons. The first-order valence-electron chi connectivity index (χ1n) is 6.20. The van der Waals surface area contributed by atoms with Crippen molar-refractivity contribution in [1.82, 2.24) is 20.0 Å². The van der Waals surface area contributed by atoms with E-state index in [4.69, 9.17) is 5.11 Å². The van der Waals surface area contributed by atoms with Crippen molar-refractivity contribution < 1.29 is 14.7 Å². The third kappa shape index (κ3) is 3.11. The Hall–Kier alpha value is -1.89. The van der Waals surface area contributed by atoms with Crippen LogP contribution in [0, 0.1) is 6.92 Å². The number of nitrogens with one attached hydrogen (secondary N) is 1. The van der Waals surface area contributed by atoms with Gasteiger partial charge < -0.3 is 10.4 Å². The van der Waals surface area contributed by atoms with Crippen LogP contribution >= 0.6 is 0 Å². The van der Waals surface area contributed by atoms with Gasteiger partial charge in [-0.15, -0.1) is 0 Å². The van der Waals surface area contributed by atoms with E-state index in [0.717, 1.165) is 11.4 Å². The Morgan fingerprint density at radius 2 is 2.37 bits per heavy atom. The van der Waals surface area contributed by atoms with Gasteiger partial charge in [-0.3, -0.25) is 19.2 Å². The fourth-order valence-electron chi connectivity index (χ4n) is 2.36. The largest absolute Gasteiger partial charge is 0.481 e. The number of amides is 1. The first-order chi connectivity index (χ1) is 8.97. The maximum absolute atomic E-state index is 11.8. The lowest BCUT2D eigenvalue weighted by molar-refractivity contribution is -0.143. The molecule has 0 bridgehead atoms. The van der Waals surface area contributed by atoms with Crippen LogP contribution < -0.4 is 5.32 Å². The number of hydrogen-bond donors (Lipinski definition) is 2. The summed E-state index contributed by atoms with van der Waals surface area (Å²) in [5.41, 5.74) is 1.89. The molecular weight excluding hydrogens is 248 g/mol. The topological polar surface area (TPSA) is 87.5 Å². The van der Waals surface area contributed by atoms with Crippen LogP contribution in [-0.2, 0) is 23.2 Å². The molecule has 7 heteroatoms. The SMILES string of the molecule is Cc1cc(CN2CCNC(=O)C2CC(=O)O)n(C)n1. The summed E-state index contributed by atoms with van der Waals surface area (Å²) in [6.45, 7) is 3.63. The average molecular weight is 266 g/mol. The van der Waals surface area contributed by atoms with Crippen LogP contribution in [0.15, 0.2) is 6.07 Å². The van der Waals surface area contributed by atoms with Gasteiger partial charge in [-0.2, -0.15) is 5.10 Å². The van der Waals surface area contributed by atoms with Gasteiger partial charge in [-0.05, 0) is 13.0 Å². The van der Waals surface area contributed by atoms with Crippen molar-refractivity contribution in [3.8, 4) is 0 Å². The summed E-state index contributed by atoms with van der Waals surface area (Å²) in [5, 5.41) is 15.9. The lowest BCUT2D eigenvalue weighted by Crippen LogP contribution is -2.55. The molecule has 2 rings (SSSR count). The van der Waals surface area contributed by atoms with Crippen molar-refractivity contribution in [2.75, 3.05) is 13.1 Å². The highest BCUT2D eigenvalue weighted by Crippen LogP contribution is 2.14. The van der Waals surface area contributed by atoms with E-state index in [1.54, 1.807) is 4.68 Å². The molecule has 104 valence electrons. The number of hydrogen-bond acceptors (Lipinski definition) is 4. The van der Waals surface area contributed by atoms with Crippen molar-refractivity contribution in [3.05, 3.63) is 17.5 Å². The highest BCUT2D eigenvalue weighted by atomic mass is 16.4. The van der Waals surface area contributed by atoms with E-state index >= 15 is 0 Å². The summed E-state index contributed by atoms with van der Waals surface area (Å²) in [6, 6.07) is 1.34. The monoisotopic (exact) mass is 266 g/mol. The van der Waals surface area contributed by atoms with E-state index in [1.807, 2.05) is 24.9 Å². The van der Waals surface area contributed by atoms with Gasteiger partial charge in [0, 0.05) is 26.7 Å². The molecule has 1 aliphatic rings. The minimum Gasteiger partial charge on any atom is -0.481 e. The van der Waals surface area contributed by atoms with Crippen molar-refractivity contribution in [2.24, 2.45) is 7.05 Å². The number of aryl methyl sites for hydroxylation is 2. The number of nitrogens with zero attached hydrogens (tertiary/aromatic N) is 3. The zero-order chi connectivity index (χ0) is 14.0. The van der Waals surface area contributed by atoms with Gasteiger partial charge in [-0.1, -0.05) is 0 Å².